The molecule has 0 unspecified atom stereocenters. The molecule has 9 heteroatoms. The van der Waals surface area contributed by atoms with Gasteiger partial charge in [0.15, 0.2) is 9.84 Å². The zero-order valence-corrected chi connectivity index (χ0v) is 14.4. The van der Waals surface area contributed by atoms with Crippen LogP contribution in [0.5, 0.6) is 0 Å². The summed E-state index contributed by atoms with van der Waals surface area (Å²) in [6.45, 7) is 3.62. The molecule has 1 fully saturated rings. The Balaban J connectivity index is 1.64. The van der Waals surface area contributed by atoms with Crippen LogP contribution in [0.25, 0.3) is 11.4 Å². The molecule has 24 heavy (non-hydrogen) atoms. The van der Waals surface area contributed by atoms with Crippen LogP contribution in [0.15, 0.2) is 24.3 Å². The third-order valence-electron chi connectivity index (χ3n) is 3.99. The Morgan fingerprint density at radius 1 is 1.33 bits per heavy atom. The van der Waals surface area contributed by atoms with Crippen LogP contribution in [0, 0.1) is 6.92 Å². The average molecular weight is 349 g/mol. The number of aromatic nitrogens is 4. The fourth-order valence-electron chi connectivity index (χ4n) is 2.74. The van der Waals surface area contributed by atoms with Crippen LogP contribution in [-0.4, -0.2) is 51.6 Å². The van der Waals surface area contributed by atoms with Gasteiger partial charge in [0.2, 0.25) is 11.7 Å². The number of benzene rings is 1. The Labute approximate surface area is 140 Å². The molecule has 0 aliphatic carbocycles. The summed E-state index contributed by atoms with van der Waals surface area (Å²) < 4.78 is 23.2. The van der Waals surface area contributed by atoms with Crippen molar-refractivity contribution in [1.29, 1.82) is 0 Å². The molecule has 1 aromatic carbocycles. The zero-order valence-electron chi connectivity index (χ0n) is 13.6. The molecular weight excluding hydrogens is 330 g/mol. The summed E-state index contributed by atoms with van der Waals surface area (Å²) in [5.41, 5.74) is 1.22. The molecule has 0 bridgehead atoms. The molecule has 2 aromatic rings. The van der Waals surface area contributed by atoms with Gasteiger partial charge in [0.25, 0.3) is 0 Å². The van der Waals surface area contributed by atoms with Gasteiger partial charge in [-0.2, -0.15) is 4.80 Å². The lowest BCUT2D eigenvalue weighted by atomic mass is 10.0. The first-order valence-electron chi connectivity index (χ1n) is 7.61. The minimum atomic E-state index is -3.07. The van der Waals surface area contributed by atoms with Gasteiger partial charge in [-0.05, 0) is 25.5 Å². The quantitative estimate of drug-likeness (QED) is 0.853. The highest BCUT2D eigenvalue weighted by Gasteiger charge is 2.39. The number of rotatable bonds is 4. The minimum absolute atomic E-state index is 0.0366. The van der Waals surface area contributed by atoms with Crippen LogP contribution >= 0.6 is 0 Å². The summed E-state index contributed by atoms with van der Waals surface area (Å²) in [4.78, 5) is 13.3. The van der Waals surface area contributed by atoms with E-state index in [1.54, 1.807) is 6.92 Å². The standard InChI is InChI=1S/C15H19N5O3S/c1-11-3-5-12(6-4-11)14-17-19-20(18-14)9-13(21)16-15(2)7-8-24(22,23)10-15/h3-6H,7-10H2,1-2H3,(H,16,21)/t15-/m0/s1. The second-order valence-electron chi connectivity index (χ2n) is 6.46. The topological polar surface area (TPSA) is 107 Å². The van der Waals surface area contributed by atoms with Gasteiger partial charge in [-0.15, -0.1) is 10.2 Å². The van der Waals surface area contributed by atoms with E-state index in [9.17, 15) is 13.2 Å². The number of amides is 1. The molecule has 2 heterocycles. The Hall–Kier alpha value is -2.29. The normalized spacial score (nSPS) is 22.4. The Morgan fingerprint density at radius 2 is 2.04 bits per heavy atom. The molecule has 0 saturated carbocycles. The fraction of sp³-hybridized carbons (Fsp3) is 0.467. The molecule has 1 aromatic heterocycles. The largest absolute Gasteiger partial charge is 0.348 e. The zero-order chi connectivity index (χ0) is 17.4. The van der Waals surface area contributed by atoms with Crippen molar-refractivity contribution in [2.75, 3.05) is 11.5 Å². The van der Waals surface area contributed by atoms with E-state index in [0.29, 0.717) is 12.2 Å². The van der Waals surface area contributed by atoms with Gasteiger partial charge in [-0.25, -0.2) is 8.42 Å². The summed E-state index contributed by atoms with van der Waals surface area (Å²) in [5.74, 6) is 0.175. The van der Waals surface area contributed by atoms with Crippen LogP contribution in [0.1, 0.15) is 18.9 Å². The molecule has 1 aliphatic rings. The molecule has 1 aliphatic heterocycles. The number of carbonyl (C=O) groups excluding carboxylic acids is 1. The predicted octanol–water partition coefficient (Wildman–Crippen LogP) is 0.342. The Kier molecular flexibility index (Phi) is 4.12. The van der Waals surface area contributed by atoms with Crippen LogP contribution in [-0.2, 0) is 21.2 Å². The van der Waals surface area contributed by atoms with Crippen molar-refractivity contribution in [2.24, 2.45) is 0 Å². The van der Waals surface area contributed by atoms with E-state index in [4.69, 9.17) is 0 Å². The van der Waals surface area contributed by atoms with Crippen molar-refractivity contribution in [2.45, 2.75) is 32.4 Å². The molecule has 0 spiro atoms. The number of hydrogen-bond donors (Lipinski definition) is 1. The van der Waals surface area contributed by atoms with Crippen molar-refractivity contribution < 1.29 is 13.2 Å². The summed E-state index contributed by atoms with van der Waals surface area (Å²) in [5, 5.41) is 14.8. The van der Waals surface area contributed by atoms with Gasteiger partial charge in [-0.1, -0.05) is 29.8 Å². The molecular formula is C15H19N5O3S. The highest BCUT2D eigenvalue weighted by atomic mass is 32.2. The summed E-state index contributed by atoms with van der Waals surface area (Å²) in [6, 6.07) is 7.68. The van der Waals surface area contributed by atoms with E-state index < -0.39 is 15.4 Å². The molecule has 1 amide bonds. The monoisotopic (exact) mass is 349 g/mol. The summed E-state index contributed by atoms with van der Waals surface area (Å²) in [7, 11) is -3.07. The highest BCUT2D eigenvalue weighted by molar-refractivity contribution is 7.91. The third kappa shape index (κ3) is 3.78. The molecule has 1 saturated heterocycles. The molecule has 1 N–H and O–H groups in total. The van der Waals surface area contributed by atoms with Crippen molar-refractivity contribution >= 4 is 15.7 Å². The van der Waals surface area contributed by atoms with Crippen molar-refractivity contribution in [3.05, 3.63) is 29.8 Å². The first-order valence-corrected chi connectivity index (χ1v) is 9.43. The Bertz CT molecular complexity index is 859. The van der Waals surface area contributed by atoms with E-state index >= 15 is 0 Å². The van der Waals surface area contributed by atoms with Crippen LogP contribution in [0.4, 0.5) is 0 Å². The van der Waals surface area contributed by atoms with E-state index in [1.165, 1.54) is 4.80 Å². The fourth-order valence-corrected chi connectivity index (χ4v) is 4.84. The number of aryl methyl sites for hydroxylation is 1. The number of nitrogens with zero attached hydrogens (tertiary/aromatic N) is 4. The molecule has 1 atom stereocenters. The lowest BCUT2D eigenvalue weighted by molar-refractivity contribution is -0.123. The number of nitrogens with one attached hydrogen (secondary N) is 1. The summed E-state index contributed by atoms with van der Waals surface area (Å²) in [6.07, 6.45) is 0.417. The van der Waals surface area contributed by atoms with E-state index in [1.807, 2.05) is 31.2 Å². The Morgan fingerprint density at radius 3 is 2.67 bits per heavy atom. The molecule has 0 radical (unpaired) electrons. The number of tetrazole rings is 1. The summed E-state index contributed by atoms with van der Waals surface area (Å²) >= 11 is 0. The maximum atomic E-state index is 12.1. The lowest BCUT2D eigenvalue weighted by Crippen LogP contribution is -2.48. The van der Waals surface area contributed by atoms with Crippen LogP contribution in [0.2, 0.25) is 0 Å². The maximum absolute atomic E-state index is 12.1. The van der Waals surface area contributed by atoms with Crippen molar-refractivity contribution in [3.63, 3.8) is 0 Å². The number of hydrogen-bond acceptors (Lipinski definition) is 6. The lowest BCUT2D eigenvalue weighted by Gasteiger charge is -2.23. The highest BCUT2D eigenvalue weighted by Crippen LogP contribution is 2.22. The minimum Gasteiger partial charge on any atom is -0.348 e. The van der Waals surface area contributed by atoms with Crippen LogP contribution < -0.4 is 5.32 Å². The number of sulfone groups is 1. The second kappa shape index (κ2) is 5.97. The van der Waals surface area contributed by atoms with Gasteiger partial charge >= 0.3 is 0 Å². The van der Waals surface area contributed by atoms with Gasteiger partial charge in [0.1, 0.15) is 6.54 Å². The van der Waals surface area contributed by atoms with Gasteiger partial charge in [-0.3, -0.25) is 4.79 Å². The third-order valence-corrected chi connectivity index (χ3v) is 5.90. The van der Waals surface area contributed by atoms with Crippen molar-refractivity contribution in [1.82, 2.24) is 25.5 Å². The SMILES string of the molecule is Cc1ccc(-c2nnn(CC(=O)N[C@@]3(C)CCS(=O)(=O)C3)n2)cc1. The first kappa shape index (κ1) is 16.6. The van der Waals surface area contributed by atoms with Crippen molar-refractivity contribution in [3.8, 4) is 11.4 Å². The molecule has 8 nitrogen and oxygen atoms in total. The predicted molar refractivity (Wildman–Crippen MR) is 87.8 cm³/mol. The molecule has 128 valence electrons. The van der Waals surface area contributed by atoms with E-state index in [-0.39, 0.29) is 24.0 Å². The van der Waals surface area contributed by atoms with E-state index in [0.717, 1.165) is 11.1 Å². The average Bonchev–Trinajstić information content (AvgIpc) is 3.04. The van der Waals surface area contributed by atoms with Crippen LogP contribution in [0.3, 0.4) is 0 Å². The van der Waals surface area contributed by atoms with Gasteiger partial charge in [0, 0.05) is 5.56 Å². The number of carbonyl (C=O) groups is 1. The second-order valence-corrected chi connectivity index (χ2v) is 8.64. The van der Waals surface area contributed by atoms with Gasteiger partial charge < -0.3 is 5.32 Å². The molecule has 3 rings (SSSR count). The smallest absolute Gasteiger partial charge is 0.244 e. The maximum Gasteiger partial charge on any atom is 0.244 e. The van der Waals surface area contributed by atoms with Gasteiger partial charge in [0.05, 0.1) is 17.0 Å². The first-order chi connectivity index (χ1) is 11.2. The van der Waals surface area contributed by atoms with E-state index in [2.05, 4.69) is 20.7 Å².